The Bertz CT molecular complexity index is 1010. The zero-order valence-corrected chi connectivity index (χ0v) is 18.4. The second kappa shape index (κ2) is 7.70. The number of aryl methyl sites for hydroxylation is 3. The van der Waals surface area contributed by atoms with E-state index in [-0.39, 0.29) is 5.92 Å². The number of rotatable bonds is 5. The summed E-state index contributed by atoms with van der Waals surface area (Å²) >= 11 is 0. The number of fused-ring (bicyclic) bond motifs is 1. The van der Waals surface area contributed by atoms with Crippen molar-refractivity contribution < 1.29 is 0 Å². The van der Waals surface area contributed by atoms with Gasteiger partial charge in [-0.2, -0.15) is 0 Å². The molecule has 0 spiro atoms. The Labute approximate surface area is 175 Å². The van der Waals surface area contributed by atoms with Crippen LogP contribution in [0.2, 0.25) is 0 Å². The maximum absolute atomic E-state index is 6.68. The van der Waals surface area contributed by atoms with Crippen molar-refractivity contribution in [3.05, 3.63) is 81.0 Å². The van der Waals surface area contributed by atoms with Gasteiger partial charge in [-0.15, -0.1) is 0 Å². The van der Waals surface area contributed by atoms with E-state index in [0.717, 1.165) is 24.2 Å². The Hall–Kier alpha value is -2.55. The number of nitrogens with zero attached hydrogens (tertiary/aromatic N) is 1. The third-order valence-corrected chi connectivity index (χ3v) is 6.32. The lowest BCUT2D eigenvalue weighted by Gasteiger charge is -2.35. The van der Waals surface area contributed by atoms with Crippen molar-refractivity contribution in [3.63, 3.8) is 0 Å². The normalized spacial score (nSPS) is 19.2. The molecule has 3 heteroatoms. The highest BCUT2D eigenvalue weighted by atomic mass is 14.9. The van der Waals surface area contributed by atoms with Crippen LogP contribution < -0.4 is 11.1 Å². The molecule has 1 saturated carbocycles. The summed E-state index contributed by atoms with van der Waals surface area (Å²) in [5.74, 6) is 0.716. The van der Waals surface area contributed by atoms with Gasteiger partial charge in [-0.3, -0.25) is 4.98 Å². The van der Waals surface area contributed by atoms with Crippen molar-refractivity contribution in [1.82, 2.24) is 4.98 Å². The van der Waals surface area contributed by atoms with Crippen LogP contribution in [0.15, 0.2) is 47.4 Å². The zero-order valence-electron chi connectivity index (χ0n) is 18.4. The minimum Gasteiger partial charge on any atom is -0.399 e. The molecule has 2 aliphatic rings. The Morgan fingerprint density at radius 3 is 2.62 bits per heavy atom. The molecule has 0 amide bonds. The van der Waals surface area contributed by atoms with Crippen LogP contribution in [0.5, 0.6) is 0 Å². The van der Waals surface area contributed by atoms with Gasteiger partial charge in [0.25, 0.3) is 0 Å². The molecule has 1 unspecified atom stereocenters. The first-order chi connectivity index (χ1) is 14.0. The largest absolute Gasteiger partial charge is 0.399 e. The van der Waals surface area contributed by atoms with E-state index in [0.29, 0.717) is 5.92 Å². The molecule has 1 aliphatic carbocycles. The summed E-state index contributed by atoms with van der Waals surface area (Å²) < 4.78 is 0. The number of hydrogen-bond donors (Lipinski definition) is 2. The van der Waals surface area contributed by atoms with Crippen LogP contribution in [0.4, 0.5) is 5.69 Å². The van der Waals surface area contributed by atoms with Crippen LogP contribution in [0.25, 0.3) is 0 Å². The van der Waals surface area contributed by atoms with E-state index in [1.54, 1.807) is 0 Å². The van der Waals surface area contributed by atoms with Gasteiger partial charge in [0.2, 0.25) is 0 Å². The van der Waals surface area contributed by atoms with E-state index >= 15 is 0 Å². The van der Waals surface area contributed by atoms with Crippen molar-refractivity contribution in [2.45, 2.75) is 72.1 Å². The molecular weight excluding hydrogens is 354 g/mol. The predicted molar refractivity (Wildman–Crippen MR) is 122 cm³/mol. The number of nitrogens with two attached hydrogens (primary N) is 1. The van der Waals surface area contributed by atoms with Crippen LogP contribution in [0.3, 0.4) is 0 Å². The fourth-order valence-electron chi connectivity index (χ4n) is 4.74. The summed E-state index contributed by atoms with van der Waals surface area (Å²) in [6.45, 7) is 10.9. The standard InChI is InChI=1S/C26H33N3/c1-6-8-21(27)22-17(5)29-25-16(4)14-28-26(19-10-11-19)24(25)23(22)20-12-9-15(3)13-18(20)7-2/h8-9,12-14,19,23,29H,6-7,10-11,27H2,1-5H3/b21-8+. The van der Waals surface area contributed by atoms with E-state index in [1.807, 2.05) is 6.20 Å². The second-order valence-electron chi connectivity index (χ2n) is 8.61. The number of benzene rings is 1. The fourth-order valence-corrected chi connectivity index (χ4v) is 4.74. The smallest absolute Gasteiger partial charge is 0.0497 e. The molecule has 1 fully saturated rings. The van der Waals surface area contributed by atoms with E-state index in [1.165, 1.54) is 57.6 Å². The molecule has 29 heavy (non-hydrogen) atoms. The van der Waals surface area contributed by atoms with E-state index in [9.17, 15) is 0 Å². The molecule has 3 nitrogen and oxygen atoms in total. The number of pyridine rings is 1. The molecule has 0 bridgehead atoms. The highest BCUT2D eigenvalue weighted by molar-refractivity contribution is 5.72. The molecule has 0 radical (unpaired) electrons. The highest BCUT2D eigenvalue weighted by Gasteiger charge is 2.38. The van der Waals surface area contributed by atoms with Gasteiger partial charge in [0, 0.05) is 51.9 Å². The van der Waals surface area contributed by atoms with Crippen molar-refractivity contribution in [3.8, 4) is 0 Å². The average molecular weight is 388 g/mol. The summed E-state index contributed by atoms with van der Waals surface area (Å²) in [7, 11) is 0. The topological polar surface area (TPSA) is 50.9 Å². The quantitative estimate of drug-likeness (QED) is 0.640. The van der Waals surface area contributed by atoms with Gasteiger partial charge >= 0.3 is 0 Å². The lowest BCUT2D eigenvalue weighted by molar-refractivity contribution is 0.835. The lowest BCUT2D eigenvalue weighted by atomic mass is 9.75. The lowest BCUT2D eigenvalue weighted by Crippen LogP contribution is -2.25. The van der Waals surface area contributed by atoms with Crippen LogP contribution in [0, 0.1) is 13.8 Å². The Kier molecular flexibility index (Phi) is 5.24. The Morgan fingerprint density at radius 1 is 1.21 bits per heavy atom. The molecular formula is C26H33N3. The summed E-state index contributed by atoms with van der Waals surface area (Å²) in [6.07, 6.45) is 8.61. The fraction of sp³-hybridized carbons (Fsp3) is 0.423. The molecule has 2 heterocycles. The molecule has 1 aromatic heterocycles. The molecule has 0 saturated heterocycles. The van der Waals surface area contributed by atoms with Crippen LogP contribution >= 0.6 is 0 Å². The predicted octanol–water partition coefficient (Wildman–Crippen LogP) is 6.22. The van der Waals surface area contributed by atoms with Crippen molar-refractivity contribution in [1.29, 1.82) is 0 Å². The van der Waals surface area contributed by atoms with Gasteiger partial charge in [0.05, 0.1) is 0 Å². The highest BCUT2D eigenvalue weighted by Crippen LogP contribution is 2.51. The summed E-state index contributed by atoms with van der Waals surface area (Å²) in [6, 6.07) is 6.89. The number of nitrogens with one attached hydrogen (secondary N) is 1. The monoisotopic (exact) mass is 387 g/mol. The van der Waals surface area contributed by atoms with Crippen molar-refractivity contribution in [2.75, 3.05) is 5.32 Å². The van der Waals surface area contributed by atoms with E-state index in [2.05, 4.69) is 64.2 Å². The molecule has 1 aromatic carbocycles. The van der Waals surface area contributed by atoms with Gasteiger partial charge in [-0.25, -0.2) is 0 Å². The number of hydrogen-bond acceptors (Lipinski definition) is 3. The molecule has 2 aromatic rings. The first-order valence-corrected chi connectivity index (χ1v) is 11.0. The molecule has 4 rings (SSSR count). The Balaban J connectivity index is 2.04. The SMILES string of the molecule is CC/C=C(/N)C1=C(C)Nc2c(C)cnc(C3CC3)c2C1c1ccc(C)cc1CC. The average Bonchev–Trinajstić information content (AvgIpc) is 3.53. The minimum absolute atomic E-state index is 0.132. The molecule has 152 valence electrons. The third kappa shape index (κ3) is 3.48. The minimum atomic E-state index is 0.132. The Morgan fingerprint density at radius 2 is 1.97 bits per heavy atom. The summed E-state index contributed by atoms with van der Waals surface area (Å²) in [5.41, 5.74) is 19.1. The van der Waals surface area contributed by atoms with Crippen molar-refractivity contribution in [2.24, 2.45) is 5.73 Å². The maximum atomic E-state index is 6.68. The number of aromatic nitrogens is 1. The second-order valence-corrected chi connectivity index (χ2v) is 8.61. The van der Waals surface area contributed by atoms with E-state index in [4.69, 9.17) is 10.7 Å². The van der Waals surface area contributed by atoms with Gasteiger partial charge < -0.3 is 11.1 Å². The number of allylic oxidation sites excluding steroid dienone is 3. The molecule has 1 atom stereocenters. The van der Waals surface area contributed by atoms with Crippen molar-refractivity contribution >= 4 is 5.69 Å². The molecule has 1 aliphatic heterocycles. The summed E-state index contributed by atoms with van der Waals surface area (Å²) in [4.78, 5) is 4.94. The van der Waals surface area contributed by atoms with Gasteiger partial charge in [-0.05, 0) is 63.1 Å². The zero-order chi connectivity index (χ0) is 20.7. The third-order valence-electron chi connectivity index (χ3n) is 6.32. The van der Waals surface area contributed by atoms with Crippen LogP contribution in [0.1, 0.15) is 85.4 Å². The van der Waals surface area contributed by atoms with Crippen LogP contribution in [-0.2, 0) is 6.42 Å². The van der Waals surface area contributed by atoms with Gasteiger partial charge in [-0.1, -0.05) is 43.7 Å². The maximum Gasteiger partial charge on any atom is 0.0497 e. The van der Waals surface area contributed by atoms with Gasteiger partial charge in [0.1, 0.15) is 0 Å². The first-order valence-electron chi connectivity index (χ1n) is 11.0. The van der Waals surface area contributed by atoms with Crippen LogP contribution in [-0.4, -0.2) is 4.98 Å². The molecule has 3 N–H and O–H groups in total. The number of anilines is 1. The van der Waals surface area contributed by atoms with Gasteiger partial charge in [0.15, 0.2) is 0 Å². The summed E-state index contributed by atoms with van der Waals surface area (Å²) in [5, 5.41) is 3.71. The van der Waals surface area contributed by atoms with E-state index < -0.39 is 0 Å². The first kappa shape index (κ1) is 19.8.